The molecule has 5 heteroatoms. The minimum absolute atomic E-state index is 0.449. The van der Waals surface area contributed by atoms with Crippen LogP contribution in [0.4, 0.5) is 5.69 Å². The van der Waals surface area contributed by atoms with Gasteiger partial charge in [0.05, 0.1) is 19.1 Å². The van der Waals surface area contributed by atoms with Gasteiger partial charge in [0.25, 0.3) is 0 Å². The van der Waals surface area contributed by atoms with Crippen LogP contribution in [0.15, 0.2) is 30.3 Å². The van der Waals surface area contributed by atoms with Crippen molar-refractivity contribution in [1.29, 1.82) is 5.26 Å². The maximum absolute atomic E-state index is 10.4. The molecular weight excluding hydrogens is 256 g/mol. The van der Waals surface area contributed by atoms with Crippen LogP contribution in [0.3, 0.4) is 0 Å². The van der Waals surface area contributed by atoms with Crippen molar-refractivity contribution in [3.05, 3.63) is 35.9 Å². The largest absolute Gasteiger partial charge is 0.478 e. The van der Waals surface area contributed by atoms with E-state index in [9.17, 15) is 4.79 Å². The Kier molecular flexibility index (Phi) is 6.87. The fourth-order valence-electron chi connectivity index (χ4n) is 1.72. The number of carboxylic acids is 1. The molecule has 0 heterocycles. The highest BCUT2D eigenvalue weighted by molar-refractivity contribution is 5.85. The van der Waals surface area contributed by atoms with Gasteiger partial charge in [-0.05, 0) is 23.8 Å². The SMILES string of the molecule is COCCN(CCC#N)c1ccc(C=CC(=O)O)cc1. The average molecular weight is 274 g/mol. The van der Waals surface area contributed by atoms with Crippen LogP contribution in [0, 0.1) is 11.3 Å². The molecule has 20 heavy (non-hydrogen) atoms. The molecule has 0 spiro atoms. The molecule has 0 aliphatic heterocycles. The molecule has 1 aromatic carbocycles. The molecule has 1 N–H and O–H groups in total. The minimum atomic E-state index is -0.968. The van der Waals surface area contributed by atoms with E-state index in [2.05, 4.69) is 11.0 Å². The quantitative estimate of drug-likeness (QED) is 0.735. The van der Waals surface area contributed by atoms with Gasteiger partial charge in [-0.3, -0.25) is 0 Å². The lowest BCUT2D eigenvalue weighted by Gasteiger charge is -2.23. The fourth-order valence-corrected chi connectivity index (χ4v) is 1.72. The zero-order valence-electron chi connectivity index (χ0n) is 11.5. The number of hydrogen-bond acceptors (Lipinski definition) is 4. The second-order valence-electron chi connectivity index (χ2n) is 4.15. The lowest BCUT2D eigenvalue weighted by molar-refractivity contribution is -0.131. The van der Waals surface area contributed by atoms with E-state index in [1.165, 1.54) is 0 Å². The first-order valence-electron chi connectivity index (χ1n) is 6.29. The zero-order valence-corrected chi connectivity index (χ0v) is 11.5. The standard InChI is InChI=1S/C15H18N2O3/c1-20-12-11-17(10-2-9-16)14-6-3-13(4-7-14)5-8-15(18)19/h3-8H,2,10-12H2,1H3,(H,18,19). The predicted molar refractivity (Wildman–Crippen MR) is 77.4 cm³/mol. The number of carboxylic acid groups (broad SMARTS) is 1. The summed E-state index contributed by atoms with van der Waals surface area (Å²) in [5.74, 6) is -0.968. The third-order valence-corrected chi connectivity index (χ3v) is 2.74. The summed E-state index contributed by atoms with van der Waals surface area (Å²) in [6.07, 6.45) is 3.10. The minimum Gasteiger partial charge on any atom is -0.478 e. The molecule has 0 amide bonds. The Morgan fingerprint density at radius 2 is 2.10 bits per heavy atom. The van der Waals surface area contributed by atoms with E-state index in [1.54, 1.807) is 13.2 Å². The van der Waals surface area contributed by atoms with Gasteiger partial charge in [-0.15, -0.1) is 0 Å². The maximum Gasteiger partial charge on any atom is 0.328 e. The molecule has 0 atom stereocenters. The number of anilines is 1. The van der Waals surface area contributed by atoms with E-state index in [0.29, 0.717) is 26.1 Å². The number of methoxy groups -OCH3 is 1. The van der Waals surface area contributed by atoms with Gasteiger partial charge in [0, 0.05) is 32.0 Å². The summed E-state index contributed by atoms with van der Waals surface area (Å²) in [7, 11) is 1.64. The second-order valence-corrected chi connectivity index (χ2v) is 4.15. The highest BCUT2D eigenvalue weighted by Crippen LogP contribution is 2.16. The lowest BCUT2D eigenvalue weighted by Crippen LogP contribution is -2.28. The number of hydrogen-bond donors (Lipinski definition) is 1. The van der Waals surface area contributed by atoms with Gasteiger partial charge in [0.15, 0.2) is 0 Å². The number of nitriles is 1. The normalized spacial score (nSPS) is 10.4. The van der Waals surface area contributed by atoms with E-state index in [4.69, 9.17) is 15.1 Å². The molecule has 1 rings (SSSR count). The Morgan fingerprint density at radius 3 is 2.65 bits per heavy atom. The molecular formula is C15H18N2O3. The molecule has 0 aliphatic rings. The Balaban J connectivity index is 2.76. The van der Waals surface area contributed by atoms with Crippen molar-refractivity contribution in [1.82, 2.24) is 0 Å². The molecule has 0 aromatic heterocycles. The van der Waals surface area contributed by atoms with Gasteiger partial charge in [-0.1, -0.05) is 12.1 Å². The van der Waals surface area contributed by atoms with E-state index in [0.717, 1.165) is 17.3 Å². The van der Waals surface area contributed by atoms with Crippen LogP contribution in [0.5, 0.6) is 0 Å². The maximum atomic E-state index is 10.4. The first-order chi connectivity index (χ1) is 9.67. The average Bonchev–Trinajstić information content (AvgIpc) is 2.46. The summed E-state index contributed by atoms with van der Waals surface area (Å²) in [6.45, 7) is 1.94. The number of nitrogens with zero attached hydrogens (tertiary/aromatic N) is 2. The molecule has 0 saturated heterocycles. The van der Waals surface area contributed by atoms with Crippen LogP contribution in [0.25, 0.3) is 6.08 Å². The molecule has 106 valence electrons. The summed E-state index contributed by atoms with van der Waals surface area (Å²) >= 11 is 0. The summed E-state index contributed by atoms with van der Waals surface area (Å²) in [5.41, 5.74) is 1.81. The van der Waals surface area contributed by atoms with Crippen molar-refractivity contribution in [2.75, 3.05) is 31.7 Å². The van der Waals surface area contributed by atoms with Crippen molar-refractivity contribution >= 4 is 17.7 Å². The monoisotopic (exact) mass is 274 g/mol. The molecule has 0 radical (unpaired) electrons. The number of carbonyl (C=O) groups is 1. The topological polar surface area (TPSA) is 73.6 Å². The van der Waals surface area contributed by atoms with Crippen molar-refractivity contribution in [2.24, 2.45) is 0 Å². The van der Waals surface area contributed by atoms with Crippen molar-refractivity contribution in [3.8, 4) is 6.07 Å². The van der Waals surface area contributed by atoms with Gasteiger partial charge in [0.1, 0.15) is 0 Å². The number of ether oxygens (including phenoxy) is 1. The van der Waals surface area contributed by atoms with E-state index in [-0.39, 0.29) is 0 Å². The molecule has 5 nitrogen and oxygen atoms in total. The van der Waals surface area contributed by atoms with Gasteiger partial charge in [-0.25, -0.2) is 4.79 Å². The van der Waals surface area contributed by atoms with Crippen LogP contribution in [-0.2, 0) is 9.53 Å². The number of benzene rings is 1. The first kappa shape index (κ1) is 15.7. The predicted octanol–water partition coefficient (Wildman–Crippen LogP) is 2.15. The molecule has 1 aromatic rings. The van der Waals surface area contributed by atoms with Crippen molar-refractivity contribution < 1.29 is 14.6 Å². The van der Waals surface area contributed by atoms with Gasteiger partial charge < -0.3 is 14.7 Å². The first-order valence-corrected chi connectivity index (χ1v) is 6.29. The summed E-state index contributed by atoms with van der Waals surface area (Å²) in [6, 6.07) is 9.65. The molecule has 0 unspecified atom stereocenters. The van der Waals surface area contributed by atoms with Gasteiger partial charge in [0.2, 0.25) is 0 Å². The Morgan fingerprint density at radius 1 is 1.40 bits per heavy atom. The molecule has 0 saturated carbocycles. The summed E-state index contributed by atoms with van der Waals surface area (Å²) in [5, 5.41) is 17.3. The van der Waals surface area contributed by atoms with E-state index >= 15 is 0 Å². The van der Waals surface area contributed by atoms with Gasteiger partial charge in [-0.2, -0.15) is 5.26 Å². The zero-order chi connectivity index (χ0) is 14.8. The van der Waals surface area contributed by atoms with Crippen LogP contribution < -0.4 is 4.90 Å². The Labute approximate surface area is 118 Å². The number of aliphatic carboxylic acids is 1. The summed E-state index contributed by atoms with van der Waals surface area (Å²) < 4.78 is 5.06. The van der Waals surface area contributed by atoms with Crippen LogP contribution in [0.1, 0.15) is 12.0 Å². The second kappa shape index (κ2) is 8.73. The van der Waals surface area contributed by atoms with Crippen molar-refractivity contribution in [2.45, 2.75) is 6.42 Å². The van der Waals surface area contributed by atoms with E-state index in [1.807, 2.05) is 24.3 Å². The molecule has 0 aliphatic carbocycles. The Bertz CT molecular complexity index is 489. The van der Waals surface area contributed by atoms with E-state index < -0.39 is 5.97 Å². The Hall–Kier alpha value is -2.32. The van der Waals surface area contributed by atoms with Crippen LogP contribution >= 0.6 is 0 Å². The summed E-state index contributed by atoms with van der Waals surface area (Å²) in [4.78, 5) is 12.5. The third kappa shape index (κ3) is 5.55. The lowest BCUT2D eigenvalue weighted by atomic mass is 10.1. The van der Waals surface area contributed by atoms with Gasteiger partial charge >= 0.3 is 5.97 Å². The smallest absolute Gasteiger partial charge is 0.328 e. The van der Waals surface area contributed by atoms with Crippen molar-refractivity contribution in [3.63, 3.8) is 0 Å². The van der Waals surface area contributed by atoms with Crippen LogP contribution in [0.2, 0.25) is 0 Å². The highest BCUT2D eigenvalue weighted by atomic mass is 16.5. The molecule has 0 bridgehead atoms. The highest BCUT2D eigenvalue weighted by Gasteiger charge is 2.05. The van der Waals surface area contributed by atoms with Crippen LogP contribution in [-0.4, -0.2) is 37.9 Å². The third-order valence-electron chi connectivity index (χ3n) is 2.74. The number of rotatable bonds is 8. The molecule has 0 fully saturated rings. The fraction of sp³-hybridized carbons (Fsp3) is 0.333.